The van der Waals surface area contributed by atoms with Crippen LogP contribution in [0.25, 0.3) is 22.2 Å². The Morgan fingerprint density at radius 3 is 2.67 bits per heavy atom. The molecule has 0 saturated carbocycles. The number of amides is 1. The molecule has 5 aromatic rings. The summed E-state index contributed by atoms with van der Waals surface area (Å²) in [6.07, 6.45) is 6.80. The Hall–Kier alpha value is -4.59. The van der Waals surface area contributed by atoms with Gasteiger partial charge in [-0.1, -0.05) is 36.4 Å². The van der Waals surface area contributed by atoms with Gasteiger partial charge in [0, 0.05) is 59.8 Å². The van der Waals surface area contributed by atoms with E-state index in [0.29, 0.717) is 17.8 Å². The molecule has 3 aromatic heterocycles. The van der Waals surface area contributed by atoms with Gasteiger partial charge in [0.25, 0.3) is 5.91 Å². The van der Waals surface area contributed by atoms with Gasteiger partial charge in [0.05, 0.1) is 0 Å². The van der Waals surface area contributed by atoms with Gasteiger partial charge in [-0.05, 0) is 35.4 Å². The molecule has 0 radical (unpaired) electrons. The Labute approximate surface area is 206 Å². The highest BCUT2D eigenvalue weighted by Gasteiger charge is 2.18. The van der Waals surface area contributed by atoms with Crippen molar-refractivity contribution in [1.82, 2.24) is 20.3 Å². The third-order valence-electron chi connectivity index (χ3n) is 5.82. The molecule has 0 bridgehead atoms. The minimum atomic E-state index is -0.836. The number of pyridine rings is 2. The fraction of sp³-hybridized carbons (Fsp3) is 0.107. The predicted molar refractivity (Wildman–Crippen MR) is 132 cm³/mol. The van der Waals surface area contributed by atoms with Crippen LogP contribution in [0.5, 0.6) is 5.75 Å². The maximum Gasteiger partial charge on any atom is 0.258 e. The largest absolute Gasteiger partial charge is 0.481 e. The van der Waals surface area contributed by atoms with Crippen LogP contribution in [0, 0.1) is 11.6 Å². The van der Waals surface area contributed by atoms with Crippen LogP contribution in [0.15, 0.2) is 85.5 Å². The van der Waals surface area contributed by atoms with Crippen molar-refractivity contribution in [3.05, 3.63) is 114 Å². The van der Waals surface area contributed by atoms with E-state index in [-0.39, 0.29) is 24.3 Å². The highest BCUT2D eigenvalue weighted by atomic mass is 19.1. The monoisotopic (exact) mass is 484 g/mol. The van der Waals surface area contributed by atoms with Crippen LogP contribution in [0.3, 0.4) is 0 Å². The number of carbonyl (C=O) groups excluding carboxylic acids is 1. The summed E-state index contributed by atoms with van der Waals surface area (Å²) in [6.45, 7) is -0.0594. The van der Waals surface area contributed by atoms with Gasteiger partial charge in [-0.3, -0.25) is 9.78 Å². The zero-order valence-electron chi connectivity index (χ0n) is 19.2. The Morgan fingerprint density at radius 1 is 1.00 bits per heavy atom. The number of nitrogens with zero attached hydrogens (tertiary/aromatic N) is 2. The molecule has 0 aliphatic rings. The lowest BCUT2D eigenvalue weighted by Gasteiger charge is -2.12. The van der Waals surface area contributed by atoms with Crippen LogP contribution in [0.1, 0.15) is 16.7 Å². The molecular formula is C28H22F2N4O2. The zero-order valence-corrected chi connectivity index (χ0v) is 19.2. The molecule has 2 aromatic carbocycles. The van der Waals surface area contributed by atoms with Crippen LogP contribution in [0.4, 0.5) is 8.78 Å². The molecular weight excluding hydrogens is 462 g/mol. The van der Waals surface area contributed by atoms with E-state index in [2.05, 4.69) is 20.3 Å². The first-order valence-corrected chi connectivity index (χ1v) is 11.3. The van der Waals surface area contributed by atoms with Crippen molar-refractivity contribution in [2.75, 3.05) is 6.61 Å². The second kappa shape index (κ2) is 10.4. The normalized spacial score (nSPS) is 10.9. The summed E-state index contributed by atoms with van der Waals surface area (Å²) in [6, 6.07) is 17.4. The second-order valence-corrected chi connectivity index (χ2v) is 8.24. The number of carbonyl (C=O) groups is 1. The SMILES string of the molecule is O=C(COc1ccc(F)c(Cc2c[nH]c3ncc(-c4cccnc4)cc23)c1F)NCc1ccccc1. The van der Waals surface area contributed by atoms with E-state index < -0.39 is 17.5 Å². The molecule has 8 heteroatoms. The van der Waals surface area contributed by atoms with Gasteiger partial charge < -0.3 is 15.0 Å². The van der Waals surface area contributed by atoms with Gasteiger partial charge in [0.15, 0.2) is 18.2 Å². The molecule has 0 unspecified atom stereocenters. The molecule has 36 heavy (non-hydrogen) atoms. The molecule has 3 heterocycles. The fourth-order valence-electron chi connectivity index (χ4n) is 3.93. The number of H-pyrrole nitrogens is 1. The van der Waals surface area contributed by atoms with Crippen molar-refractivity contribution in [2.45, 2.75) is 13.0 Å². The number of hydrogen-bond donors (Lipinski definition) is 2. The van der Waals surface area contributed by atoms with Gasteiger partial charge in [-0.15, -0.1) is 0 Å². The first-order chi connectivity index (χ1) is 17.6. The molecule has 180 valence electrons. The number of benzene rings is 2. The highest BCUT2D eigenvalue weighted by molar-refractivity contribution is 5.84. The number of ether oxygens (including phenoxy) is 1. The molecule has 1 amide bonds. The fourth-order valence-corrected chi connectivity index (χ4v) is 3.93. The molecule has 0 aliphatic heterocycles. The minimum Gasteiger partial charge on any atom is -0.481 e. The molecule has 5 rings (SSSR count). The van der Waals surface area contributed by atoms with Crippen LogP contribution in [0.2, 0.25) is 0 Å². The summed E-state index contributed by atoms with van der Waals surface area (Å²) in [5, 5.41) is 3.47. The third kappa shape index (κ3) is 5.07. The van der Waals surface area contributed by atoms with Crippen molar-refractivity contribution < 1.29 is 18.3 Å². The van der Waals surface area contributed by atoms with Gasteiger partial charge in [-0.2, -0.15) is 0 Å². The predicted octanol–water partition coefficient (Wildman–Crippen LogP) is 5.19. The summed E-state index contributed by atoms with van der Waals surface area (Å²) >= 11 is 0. The summed E-state index contributed by atoms with van der Waals surface area (Å²) in [4.78, 5) is 23.8. The van der Waals surface area contributed by atoms with E-state index in [1.165, 1.54) is 6.07 Å². The Kier molecular flexibility index (Phi) is 6.66. The zero-order chi connectivity index (χ0) is 24.9. The van der Waals surface area contributed by atoms with E-state index >= 15 is 4.39 Å². The lowest BCUT2D eigenvalue weighted by atomic mass is 10.0. The second-order valence-electron chi connectivity index (χ2n) is 8.24. The first-order valence-electron chi connectivity index (χ1n) is 11.3. The van der Waals surface area contributed by atoms with Crippen molar-refractivity contribution >= 4 is 16.9 Å². The molecule has 0 atom stereocenters. The van der Waals surface area contributed by atoms with Crippen molar-refractivity contribution in [3.63, 3.8) is 0 Å². The van der Waals surface area contributed by atoms with E-state index in [9.17, 15) is 9.18 Å². The van der Waals surface area contributed by atoms with Gasteiger partial charge in [-0.25, -0.2) is 13.8 Å². The molecule has 6 nitrogen and oxygen atoms in total. The van der Waals surface area contributed by atoms with E-state index in [4.69, 9.17) is 4.74 Å². The van der Waals surface area contributed by atoms with Crippen LogP contribution >= 0.6 is 0 Å². The maximum atomic E-state index is 15.2. The van der Waals surface area contributed by atoms with E-state index in [1.54, 1.807) is 24.8 Å². The number of hydrogen-bond acceptors (Lipinski definition) is 4. The lowest BCUT2D eigenvalue weighted by molar-refractivity contribution is -0.123. The number of nitrogens with one attached hydrogen (secondary N) is 2. The van der Waals surface area contributed by atoms with Crippen LogP contribution in [-0.2, 0) is 17.8 Å². The summed E-state index contributed by atoms with van der Waals surface area (Å²) in [5.41, 5.74) is 3.80. The van der Waals surface area contributed by atoms with Gasteiger partial charge in [0.1, 0.15) is 11.5 Å². The van der Waals surface area contributed by atoms with Crippen LogP contribution in [-0.4, -0.2) is 27.5 Å². The van der Waals surface area contributed by atoms with Crippen LogP contribution < -0.4 is 10.1 Å². The number of rotatable bonds is 8. The summed E-state index contributed by atoms with van der Waals surface area (Å²) < 4.78 is 35.3. The molecule has 0 aliphatic carbocycles. The minimum absolute atomic E-state index is 0.0206. The average molecular weight is 485 g/mol. The number of halogens is 2. The van der Waals surface area contributed by atoms with E-state index in [0.717, 1.165) is 28.1 Å². The Morgan fingerprint density at radius 2 is 1.86 bits per heavy atom. The number of fused-ring (bicyclic) bond motifs is 1. The van der Waals surface area contributed by atoms with Gasteiger partial charge >= 0.3 is 0 Å². The quantitative estimate of drug-likeness (QED) is 0.318. The molecule has 0 fully saturated rings. The molecule has 0 saturated heterocycles. The molecule has 2 N–H and O–H groups in total. The van der Waals surface area contributed by atoms with Crippen molar-refractivity contribution in [2.24, 2.45) is 0 Å². The standard InChI is InChI=1S/C28H22F2N4O2/c29-24-8-9-25(36-17-26(35)32-13-18-5-2-1-3-6-18)27(30)23(24)12-21-16-34-28-22(21)11-20(15-33-28)19-7-4-10-31-14-19/h1-11,14-16H,12-13,17H2,(H,32,35)(H,33,34). The average Bonchev–Trinajstić information content (AvgIpc) is 3.32. The van der Waals surface area contributed by atoms with Crippen molar-refractivity contribution in [3.8, 4) is 16.9 Å². The lowest BCUT2D eigenvalue weighted by Crippen LogP contribution is -2.28. The third-order valence-corrected chi connectivity index (χ3v) is 5.82. The topological polar surface area (TPSA) is 79.9 Å². The Bertz CT molecular complexity index is 1500. The highest BCUT2D eigenvalue weighted by Crippen LogP contribution is 2.29. The first kappa shape index (κ1) is 23.2. The number of aromatic amines is 1. The van der Waals surface area contributed by atoms with Gasteiger partial charge in [0.2, 0.25) is 0 Å². The smallest absolute Gasteiger partial charge is 0.258 e. The van der Waals surface area contributed by atoms with E-state index in [1.807, 2.05) is 48.5 Å². The van der Waals surface area contributed by atoms with Crippen molar-refractivity contribution in [1.29, 1.82) is 0 Å². The summed E-state index contributed by atoms with van der Waals surface area (Å²) in [5.74, 6) is -2.12. The maximum absolute atomic E-state index is 15.2. The summed E-state index contributed by atoms with van der Waals surface area (Å²) in [7, 11) is 0. The Balaban J connectivity index is 1.32. The number of aromatic nitrogens is 3. The molecule has 0 spiro atoms.